The van der Waals surface area contributed by atoms with Crippen LogP contribution in [-0.4, -0.2) is 15.9 Å². The summed E-state index contributed by atoms with van der Waals surface area (Å²) in [4.78, 5) is 20.9. The third-order valence-electron chi connectivity index (χ3n) is 4.18. The molecule has 2 aromatic carbocycles. The van der Waals surface area contributed by atoms with Gasteiger partial charge in [-0.15, -0.1) is 0 Å². The van der Waals surface area contributed by atoms with E-state index in [0.717, 1.165) is 28.1 Å². The van der Waals surface area contributed by atoms with E-state index in [-0.39, 0.29) is 5.91 Å². The Morgan fingerprint density at radius 1 is 0.808 bits per heavy atom. The summed E-state index contributed by atoms with van der Waals surface area (Å²) in [5.74, 6) is 0.233. The van der Waals surface area contributed by atoms with Crippen LogP contribution in [0.25, 0.3) is 0 Å². The molecule has 3 aromatic rings. The Hall–Kier alpha value is -3.21. The number of hydrogen-bond donors (Lipinski definition) is 2. The van der Waals surface area contributed by atoms with Gasteiger partial charge in [-0.05, 0) is 56.5 Å². The van der Waals surface area contributed by atoms with Gasteiger partial charge in [0.05, 0.1) is 5.56 Å². The van der Waals surface area contributed by atoms with Gasteiger partial charge in [-0.25, -0.2) is 9.97 Å². The zero-order valence-corrected chi connectivity index (χ0v) is 15.4. The van der Waals surface area contributed by atoms with Crippen molar-refractivity contribution < 1.29 is 4.79 Å². The van der Waals surface area contributed by atoms with Crippen molar-refractivity contribution in [1.29, 1.82) is 0 Å². The maximum Gasteiger partial charge on any atom is 0.258 e. The minimum Gasteiger partial charge on any atom is -0.324 e. The molecule has 5 heteroatoms. The molecule has 0 radical (unpaired) electrons. The molecule has 1 heterocycles. The molecule has 2 N–H and O–H groups in total. The molecular formula is C21H22N4O. The number of amides is 1. The number of rotatable bonds is 4. The fourth-order valence-corrected chi connectivity index (χ4v) is 2.65. The van der Waals surface area contributed by atoms with Crippen molar-refractivity contribution in [3.8, 4) is 0 Å². The largest absolute Gasteiger partial charge is 0.324 e. The van der Waals surface area contributed by atoms with Crippen molar-refractivity contribution in [3.63, 3.8) is 0 Å². The molecule has 0 bridgehead atoms. The molecule has 0 atom stereocenters. The fraction of sp³-hybridized carbons (Fsp3) is 0.190. The number of carbonyl (C=O) groups excluding carboxylic acids is 1. The molecule has 1 amide bonds. The topological polar surface area (TPSA) is 66.9 Å². The van der Waals surface area contributed by atoms with Gasteiger partial charge in [0.1, 0.15) is 0 Å². The summed E-state index contributed by atoms with van der Waals surface area (Å²) in [7, 11) is 0. The Morgan fingerprint density at radius 3 is 2.15 bits per heavy atom. The summed E-state index contributed by atoms with van der Waals surface area (Å²) in [5, 5.41) is 6.09. The summed E-state index contributed by atoms with van der Waals surface area (Å²) in [6.07, 6.45) is 3.05. The molecule has 0 saturated heterocycles. The van der Waals surface area contributed by atoms with Crippen molar-refractivity contribution in [2.75, 3.05) is 10.6 Å². The van der Waals surface area contributed by atoms with Crippen molar-refractivity contribution >= 4 is 23.2 Å². The zero-order chi connectivity index (χ0) is 18.7. The molecular weight excluding hydrogens is 324 g/mol. The van der Waals surface area contributed by atoms with Crippen LogP contribution in [0.5, 0.6) is 0 Å². The number of nitrogens with one attached hydrogen (secondary N) is 2. The fourth-order valence-electron chi connectivity index (χ4n) is 2.65. The number of benzene rings is 2. The number of aromatic nitrogens is 2. The van der Waals surface area contributed by atoms with Crippen LogP contribution in [-0.2, 0) is 0 Å². The van der Waals surface area contributed by atoms with Gasteiger partial charge in [-0.1, -0.05) is 29.8 Å². The zero-order valence-electron chi connectivity index (χ0n) is 15.4. The summed E-state index contributed by atoms with van der Waals surface area (Å²) in [6, 6.07) is 12.1. The van der Waals surface area contributed by atoms with Gasteiger partial charge in [0.15, 0.2) is 0 Å². The average molecular weight is 346 g/mol. The second-order valence-electron chi connectivity index (χ2n) is 6.51. The van der Waals surface area contributed by atoms with Crippen LogP contribution < -0.4 is 10.6 Å². The number of carbonyl (C=O) groups is 1. The molecule has 3 rings (SSSR count). The lowest BCUT2D eigenvalue weighted by Crippen LogP contribution is -2.14. The summed E-state index contributed by atoms with van der Waals surface area (Å²) in [5.41, 5.74) is 6.58. The third kappa shape index (κ3) is 4.06. The van der Waals surface area contributed by atoms with E-state index in [2.05, 4.69) is 33.6 Å². The SMILES string of the molecule is Cc1ccc(Nc2ncc(C(=O)Nc3cc(C)ccc3C)cn2)c(C)c1. The molecule has 5 nitrogen and oxygen atoms in total. The van der Waals surface area contributed by atoms with Crippen molar-refractivity contribution in [2.45, 2.75) is 27.7 Å². The Kier molecular flexibility index (Phi) is 4.98. The normalized spacial score (nSPS) is 10.5. The number of hydrogen-bond acceptors (Lipinski definition) is 4. The lowest BCUT2D eigenvalue weighted by molar-refractivity contribution is 0.102. The molecule has 132 valence electrons. The molecule has 0 aliphatic heterocycles. The van der Waals surface area contributed by atoms with Crippen molar-refractivity contribution in [2.24, 2.45) is 0 Å². The maximum atomic E-state index is 12.4. The number of aryl methyl sites for hydroxylation is 4. The van der Waals surface area contributed by atoms with Crippen LogP contribution in [0.3, 0.4) is 0 Å². The number of anilines is 3. The molecule has 0 spiro atoms. The van der Waals surface area contributed by atoms with E-state index in [1.807, 2.05) is 51.1 Å². The van der Waals surface area contributed by atoms with Gasteiger partial charge >= 0.3 is 0 Å². The van der Waals surface area contributed by atoms with Crippen molar-refractivity contribution in [1.82, 2.24) is 9.97 Å². The first-order valence-corrected chi connectivity index (χ1v) is 8.47. The highest BCUT2D eigenvalue weighted by Crippen LogP contribution is 2.20. The molecule has 0 unspecified atom stereocenters. The van der Waals surface area contributed by atoms with Gasteiger partial charge in [0.25, 0.3) is 5.91 Å². The van der Waals surface area contributed by atoms with Crippen LogP contribution in [0.1, 0.15) is 32.6 Å². The first-order chi connectivity index (χ1) is 12.4. The van der Waals surface area contributed by atoms with Crippen LogP contribution in [0, 0.1) is 27.7 Å². The maximum absolute atomic E-state index is 12.4. The van der Waals surface area contributed by atoms with E-state index < -0.39 is 0 Å². The third-order valence-corrected chi connectivity index (χ3v) is 4.18. The van der Waals surface area contributed by atoms with Crippen LogP contribution in [0.4, 0.5) is 17.3 Å². The van der Waals surface area contributed by atoms with Crippen LogP contribution >= 0.6 is 0 Å². The average Bonchev–Trinajstić information content (AvgIpc) is 2.61. The lowest BCUT2D eigenvalue weighted by Gasteiger charge is -2.10. The minimum atomic E-state index is -0.225. The molecule has 26 heavy (non-hydrogen) atoms. The van der Waals surface area contributed by atoms with Gasteiger partial charge in [-0.2, -0.15) is 0 Å². The summed E-state index contributed by atoms with van der Waals surface area (Å²) in [6.45, 7) is 8.03. The second kappa shape index (κ2) is 7.35. The van der Waals surface area contributed by atoms with E-state index in [0.29, 0.717) is 11.5 Å². The van der Waals surface area contributed by atoms with Crippen LogP contribution in [0.2, 0.25) is 0 Å². The van der Waals surface area contributed by atoms with E-state index in [1.54, 1.807) is 0 Å². The number of nitrogens with zero attached hydrogens (tertiary/aromatic N) is 2. The first-order valence-electron chi connectivity index (χ1n) is 8.47. The van der Waals surface area contributed by atoms with E-state index in [9.17, 15) is 4.79 Å². The highest BCUT2D eigenvalue weighted by atomic mass is 16.1. The summed E-state index contributed by atoms with van der Waals surface area (Å²) >= 11 is 0. The first kappa shape index (κ1) is 17.6. The summed E-state index contributed by atoms with van der Waals surface area (Å²) < 4.78 is 0. The van der Waals surface area contributed by atoms with Gasteiger partial charge in [0.2, 0.25) is 5.95 Å². The minimum absolute atomic E-state index is 0.225. The Bertz CT molecular complexity index is 949. The van der Waals surface area contributed by atoms with Gasteiger partial charge in [0, 0.05) is 23.8 Å². The van der Waals surface area contributed by atoms with Crippen molar-refractivity contribution in [3.05, 3.63) is 76.6 Å². The molecule has 0 aliphatic carbocycles. The van der Waals surface area contributed by atoms with Gasteiger partial charge < -0.3 is 10.6 Å². The Labute approximate surface area is 153 Å². The lowest BCUT2D eigenvalue weighted by atomic mass is 10.1. The monoisotopic (exact) mass is 346 g/mol. The highest BCUT2D eigenvalue weighted by molar-refractivity contribution is 6.04. The predicted octanol–water partition coefficient (Wildman–Crippen LogP) is 4.71. The molecule has 0 saturated carbocycles. The highest BCUT2D eigenvalue weighted by Gasteiger charge is 2.10. The Balaban J connectivity index is 1.72. The van der Waals surface area contributed by atoms with E-state index in [4.69, 9.17) is 0 Å². The molecule has 0 aliphatic rings. The van der Waals surface area contributed by atoms with Gasteiger partial charge in [-0.3, -0.25) is 4.79 Å². The van der Waals surface area contributed by atoms with E-state index in [1.165, 1.54) is 18.0 Å². The molecule has 1 aromatic heterocycles. The standard InChI is InChI=1S/C21H22N4O/c1-13-6-8-18(16(4)9-13)25-21-22-11-17(12-23-21)20(26)24-19-10-14(2)5-7-15(19)3/h5-12H,1-4H3,(H,24,26)(H,22,23,25). The molecule has 0 fully saturated rings. The van der Waals surface area contributed by atoms with E-state index >= 15 is 0 Å². The second-order valence-corrected chi connectivity index (χ2v) is 6.51. The predicted molar refractivity (Wildman–Crippen MR) is 105 cm³/mol. The Morgan fingerprint density at radius 2 is 1.46 bits per heavy atom. The smallest absolute Gasteiger partial charge is 0.258 e. The quantitative estimate of drug-likeness (QED) is 0.718. The van der Waals surface area contributed by atoms with Crippen LogP contribution in [0.15, 0.2) is 48.8 Å².